The molecule has 0 bridgehead atoms. The molecule has 1 atom stereocenters. The van der Waals surface area contributed by atoms with E-state index in [0.717, 1.165) is 67.3 Å². The normalized spacial score (nSPS) is 18.9. The molecule has 0 spiro atoms. The maximum atomic E-state index is 13.1. The molecule has 2 saturated heterocycles. The maximum absolute atomic E-state index is 13.1. The van der Waals surface area contributed by atoms with Crippen LogP contribution in [0.15, 0.2) is 36.8 Å². The van der Waals surface area contributed by atoms with Gasteiger partial charge in [0.05, 0.1) is 29.1 Å². The van der Waals surface area contributed by atoms with Gasteiger partial charge >= 0.3 is 0 Å². The number of hydrogen-bond donors (Lipinski definition) is 2. The van der Waals surface area contributed by atoms with Crippen LogP contribution in [0, 0.1) is 0 Å². The SMILES string of the molecule is O=C(Nc1ccc(C(=O)N2CCCC2)nc1)c1n[nH]c2c1=CC(c1cncc(N3CCCC3)c1)CC=2. The van der Waals surface area contributed by atoms with Crippen molar-refractivity contribution in [1.82, 2.24) is 25.1 Å². The van der Waals surface area contributed by atoms with Crippen LogP contribution in [0.1, 0.15) is 64.6 Å². The van der Waals surface area contributed by atoms with Gasteiger partial charge in [-0.2, -0.15) is 5.10 Å². The van der Waals surface area contributed by atoms with E-state index in [1.165, 1.54) is 19.0 Å². The summed E-state index contributed by atoms with van der Waals surface area (Å²) in [7, 11) is 0. The Balaban J connectivity index is 1.20. The van der Waals surface area contributed by atoms with Gasteiger partial charge in [0.15, 0.2) is 5.69 Å². The van der Waals surface area contributed by atoms with Crippen LogP contribution in [0.4, 0.5) is 11.4 Å². The Hall–Kier alpha value is -4.01. The van der Waals surface area contributed by atoms with Crippen molar-refractivity contribution in [2.75, 3.05) is 36.4 Å². The van der Waals surface area contributed by atoms with Gasteiger partial charge in [-0.15, -0.1) is 0 Å². The fraction of sp³-hybridized carbons (Fsp3) is 0.370. The Morgan fingerprint density at radius 3 is 2.58 bits per heavy atom. The first kappa shape index (κ1) is 22.5. The fourth-order valence-corrected chi connectivity index (χ4v) is 5.27. The van der Waals surface area contributed by atoms with Crippen LogP contribution >= 0.6 is 0 Å². The summed E-state index contributed by atoms with van der Waals surface area (Å²) in [4.78, 5) is 38.6. The third-order valence-electron chi connectivity index (χ3n) is 7.27. The van der Waals surface area contributed by atoms with Gasteiger partial charge in [0.1, 0.15) is 5.69 Å². The lowest BCUT2D eigenvalue weighted by Gasteiger charge is -2.20. The highest BCUT2D eigenvalue weighted by atomic mass is 16.2. The van der Waals surface area contributed by atoms with Crippen molar-refractivity contribution in [3.8, 4) is 0 Å². The third kappa shape index (κ3) is 4.36. The van der Waals surface area contributed by atoms with Gasteiger partial charge in [0.2, 0.25) is 0 Å². The summed E-state index contributed by atoms with van der Waals surface area (Å²) >= 11 is 0. The Morgan fingerprint density at radius 1 is 1.00 bits per heavy atom. The van der Waals surface area contributed by atoms with E-state index in [9.17, 15) is 9.59 Å². The highest BCUT2D eigenvalue weighted by Gasteiger charge is 2.22. The monoisotopic (exact) mass is 483 g/mol. The van der Waals surface area contributed by atoms with Gasteiger partial charge in [-0.3, -0.25) is 19.7 Å². The summed E-state index contributed by atoms with van der Waals surface area (Å²) < 4.78 is 0. The molecule has 9 heteroatoms. The molecule has 5 heterocycles. The van der Waals surface area contributed by atoms with Crippen LogP contribution < -0.4 is 20.8 Å². The molecule has 36 heavy (non-hydrogen) atoms. The van der Waals surface area contributed by atoms with E-state index in [-0.39, 0.29) is 17.7 Å². The zero-order valence-electron chi connectivity index (χ0n) is 20.1. The average molecular weight is 484 g/mol. The summed E-state index contributed by atoms with van der Waals surface area (Å²) in [6.07, 6.45) is 14.9. The summed E-state index contributed by atoms with van der Waals surface area (Å²) in [6, 6.07) is 5.59. The molecule has 0 radical (unpaired) electrons. The quantitative estimate of drug-likeness (QED) is 0.575. The smallest absolute Gasteiger partial charge is 0.276 e. The molecule has 3 aromatic rings. The number of aromatic nitrogens is 4. The number of carbonyl (C=O) groups excluding carboxylic acids is 2. The van der Waals surface area contributed by atoms with Crippen LogP contribution in [0.3, 0.4) is 0 Å². The van der Waals surface area contributed by atoms with Crippen molar-refractivity contribution in [2.24, 2.45) is 0 Å². The minimum Gasteiger partial charge on any atom is -0.370 e. The molecule has 2 N–H and O–H groups in total. The molecule has 2 amide bonds. The Kier molecular flexibility index (Phi) is 5.96. The molecule has 3 aromatic heterocycles. The molecule has 2 fully saturated rings. The van der Waals surface area contributed by atoms with E-state index >= 15 is 0 Å². The van der Waals surface area contributed by atoms with Gasteiger partial charge < -0.3 is 15.1 Å². The first-order chi connectivity index (χ1) is 17.7. The van der Waals surface area contributed by atoms with Crippen LogP contribution in [0.5, 0.6) is 0 Å². The number of anilines is 2. The topological polar surface area (TPSA) is 107 Å². The molecular weight excluding hydrogens is 454 g/mol. The van der Waals surface area contributed by atoms with Crippen molar-refractivity contribution in [3.63, 3.8) is 0 Å². The summed E-state index contributed by atoms with van der Waals surface area (Å²) in [6.45, 7) is 3.70. The van der Waals surface area contributed by atoms with E-state index in [1.807, 2.05) is 17.3 Å². The van der Waals surface area contributed by atoms with E-state index in [2.05, 4.69) is 48.6 Å². The molecule has 2 aliphatic heterocycles. The lowest BCUT2D eigenvalue weighted by atomic mass is 9.92. The van der Waals surface area contributed by atoms with E-state index in [1.54, 1.807) is 12.1 Å². The summed E-state index contributed by atoms with van der Waals surface area (Å²) in [5, 5.41) is 11.8. The first-order valence-electron chi connectivity index (χ1n) is 12.7. The first-order valence-corrected chi connectivity index (χ1v) is 12.7. The summed E-state index contributed by atoms with van der Waals surface area (Å²) in [5.74, 6) is -0.261. The second-order valence-corrected chi connectivity index (χ2v) is 9.67. The number of nitrogens with one attached hydrogen (secondary N) is 2. The number of amides is 2. The molecule has 0 saturated carbocycles. The highest BCUT2D eigenvalue weighted by Crippen LogP contribution is 2.27. The van der Waals surface area contributed by atoms with Crippen molar-refractivity contribution in [2.45, 2.75) is 38.0 Å². The third-order valence-corrected chi connectivity index (χ3v) is 7.27. The Bertz CT molecular complexity index is 1400. The predicted molar refractivity (Wildman–Crippen MR) is 137 cm³/mol. The Morgan fingerprint density at radius 2 is 1.81 bits per heavy atom. The number of hydrogen-bond acceptors (Lipinski definition) is 6. The van der Waals surface area contributed by atoms with Gasteiger partial charge in [-0.25, -0.2) is 4.98 Å². The average Bonchev–Trinajstić information content (AvgIpc) is 3.70. The standard InChI is InChI=1S/C27H29N7O2/c35-26(30-20-6-8-24(29-16-20)27(36)34-11-3-4-12-34)25-22-14-18(5-7-23(22)31-32-25)19-13-21(17-28-15-19)33-9-1-2-10-33/h6-8,13-18,31H,1-5,9-12H2,(H,30,35). The predicted octanol–water partition coefficient (Wildman–Crippen LogP) is 2.04. The second kappa shape index (κ2) is 9.56. The molecule has 3 aliphatic rings. The number of H-pyrrole nitrogens is 1. The number of fused-ring (bicyclic) bond motifs is 1. The number of likely N-dealkylation sites (tertiary alicyclic amines) is 1. The van der Waals surface area contributed by atoms with Crippen LogP contribution in [0.2, 0.25) is 0 Å². The number of nitrogens with zero attached hydrogens (tertiary/aromatic N) is 5. The van der Waals surface area contributed by atoms with E-state index < -0.39 is 0 Å². The Labute approximate surface area is 208 Å². The van der Waals surface area contributed by atoms with Crippen molar-refractivity contribution in [3.05, 3.63) is 64.3 Å². The zero-order chi connectivity index (χ0) is 24.5. The second-order valence-electron chi connectivity index (χ2n) is 9.67. The number of aromatic amines is 1. The largest absolute Gasteiger partial charge is 0.370 e. The van der Waals surface area contributed by atoms with Gasteiger partial charge in [0, 0.05) is 43.5 Å². The highest BCUT2D eigenvalue weighted by molar-refractivity contribution is 6.03. The molecule has 6 rings (SSSR count). The molecule has 1 unspecified atom stereocenters. The van der Waals surface area contributed by atoms with Crippen molar-refractivity contribution >= 4 is 35.3 Å². The summed E-state index contributed by atoms with van der Waals surface area (Å²) in [5.41, 5.74) is 3.55. The van der Waals surface area contributed by atoms with Crippen LogP contribution in [-0.4, -0.2) is 63.1 Å². The zero-order valence-corrected chi connectivity index (χ0v) is 20.1. The van der Waals surface area contributed by atoms with Crippen molar-refractivity contribution < 1.29 is 9.59 Å². The number of rotatable bonds is 5. The van der Waals surface area contributed by atoms with Crippen LogP contribution in [0.25, 0.3) is 12.2 Å². The molecule has 9 nitrogen and oxygen atoms in total. The lowest BCUT2D eigenvalue weighted by molar-refractivity contribution is 0.0787. The van der Waals surface area contributed by atoms with E-state index in [4.69, 9.17) is 0 Å². The molecule has 0 aromatic carbocycles. The van der Waals surface area contributed by atoms with Gasteiger partial charge in [-0.1, -0.05) is 12.2 Å². The maximum Gasteiger partial charge on any atom is 0.276 e. The van der Waals surface area contributed by atoms with Gasteiger partial charge in [-0.05, 0) is 55.9 Å². The molecular formula is C27H29N7O2. The fourth-order valence-electron chi connectivity index (χ4n) is 5.27. The lowest BCUT2D eigenvalue weighted by Crippen LogP contribution is -2.32. The number of pyridine rings is 2. The minimum atomic E-state index is -0.317. The molecule has 1 aliphatic carbocycles. The van der Waals surface area contributed by atoms with Crippen LogP contribution in [-0.2, 0) is 0 Å². The van der Waals surface area contributed by atoms with E-state index in [0.29, 0.717) is 17.1 Å². The number of carbonyl (C=O) groups is 2. The van der Waals surface area contributed by atoms with Crippen molar-refractivity contribution in [1.29, 1.82) is 0 Å². The molecule has 184 valence electrons. The minimum absolute atomic E-state index is 0.0637. The van der Waals surface area contributed by atoms with Gasteiger partial charge in [0.25, 0.3) is 11.8 Å².